The molecule has 1 N–H and O–H groups in total. The van der Waals surface area contributed by atoms with Crippen molar-refractivity contribution in [2.24, 2.45) is 5.92 Å². The van der Waals surface area contributed by atoms with Gasteiger partial charge in [0.15, 0.2) is 5.13 Å². The predicted molar refractivity (Wildman–Crippen MR) is 76.9 cm³/mol. The zero-order chi connectivity index (χ0) is 12.4. The van der Waals surface area contributed by atoms with E-state index >= 15 is 0 Å². The fourth-order valence-corrected chi connectivity index (χ4v) is 3.05. The van der Waals surface area contributed by atoms with Crippen molar-refractivity contribution in [3.8, 4) is 0 Å². The Bertz CT molecular complexity index is 502. The van der Waals surface area contributed by atoms with Crippen molar-refractivity contribution in [2.75, 3.05) is 5.32 Å². The molecular formula is C14H20N2S. The van der Waals surface area contributed by atoms with Gasteiger partial charge in [-0.15, -0.1) is 0 Å². The summed E-state index contributed by atoms with van der Waals surface area (Å²) in [5.74, 6) is 0.633. The summed E-state index contributed by atoms with van der Waals surface area (Å²) in [7, 11) is 0. The number of anilines is 1. The molecular weight excluding hydrogens is 228 g/mol. The topological polar surface area (TPSA) is 24.9 Å². The average molecular weight is 248 g/mol. The Morgan fingerprint density at radius 2 is 2.12 bits per heavy atom. The summed E-state index contributed by atoms with van der Waals surface area (Å²) >= 11 is 1.75. The Balaban J connectivity index is 2.28. The highest BCUT2D eigenvalue weighted by Crippen LogP contribution is 2.29. The first kappa shape index (κ1) is 12.4. The van der Waals surface area contributed by atoms with Gasteiger partial charge < -0.3 is 5.32 Å². The number of nitrogens with zero attached hydrogens (tertiary/aromatic N) is 1. The van der Waals surface area contributed by atoms with E-state index in [9.17, 15) is 0 Å². The number of fused-ring (bicyclic) bond motifs is 1. The largest absolute Gasteiger partial charge is 0.359 e. The van der Waals surface area contributed by atoms with Gasteiger partial charge in [-0.1, -0.05) is 44.2 Å². The van der Waals surface area contributed by atoms with E-state index in [0.29, 0.717) is 12.0 Å². The standard InChI is InChI=1S/C14H20N2S/c1-5-11(9(2)3)15-14-16-13-10(4)7-6-8-12(13)17-14/h6-9,11H,5H2,1-4H3,(H,15,16). The molecule has 2 aromatic rings. The van der Waals surface area contributed by atoms with Gasteiger partial charge in [0, 0.05) is 6.04 Å². The first-order valence-corrected chi connectivity index (χ1v) is 7.06. The van der Waals surface area contributed by atoms with Crippen molar-refractivity contribution in [3.63, 3.8) is 0 Å². The number of hydrogen-bond donors (Lipinski definition) is 1. The monoisotopic (exact) mass is 248 g/mol. The number of hydrogen-bond acceptors (Lipinski definition) is 3. The van der Waals surface area contributed by atoms with Gasteiger partial charge >= 0.3 is 0 Å². The van der Waals surface area contributed by atoms with Gasteiger partial charge in [-0.3, -0.25) is 0 Å². The second-order valence-corrected chi connectivity index (χ2v) is 5.87. The highest BCUT2D eigenvalue weighted by atomic mass is 32.1. The number of rotatable bonds is 4. The fourth-order valence-electron chi connectivity index (χ4n) is 2.05. The van der Waals surface area contributed by atoms with Crippen molar-refractivity contribution in [1.29, 1.82) is 0 Å². The Kier molecular flexibility index (Phi) is 3.67. The van der Waals surface area contributed by atoms with Crippen molar-refractivity contribution in [1.82, 2.24) is 4.98 Å². The van der Waals surface area contributed by atoms with Gasteiger partial charge in [-0.25, -0.2) is 4.98 Å². The van der Waals surface area contributed by atoms with E-state index < -0.39 is 0 Å². The summed E-state index contributed by atoms with van der Waals surface area (Å²) < 4.78 is 1.27. The van der Waals surface area contributed by atoms with Crippen LogP contribution in [0.15, 0.2) is 18.2 Å². The molecule has 92 valence electrons. The lowest BCUT2D eigenvalue weighted by molar-refractivity contribution is 0.511. The zero-order valence-electron chi connectivity index (χ0n) is 10.9. The lowest BCUT2D eigenvalue weighted by Crippen LogP contribution is -2.24. The lowest BCUT2D eigenvalue weighted by Gasteiger charge is -2.19. The number of thiazole rings is 1. The number of nitrogens with one attached hydrogen (secondary N) is 1. The molecule has 0 radical (unpaired) electrons. The second-order valence-electron chi connectivity index (χ2n) is 4.84. The van der Waals surface area contributed by atoms with Crippen LogP contribution in [0.5, 0.6) is 0 Å². The third-order valence-corrected chi connectivity index (χ3v) is 4.13. The Hall–Kier alpha value is -1.09. The summed E-state index contributed by atoms with van der Waals surface area (Å²) in [5.41, 5.74) is 2.39. The zero-order valence-corrected chi connectivity index (χ0v) is 11.8. The molecule has 0 aliphatic heterocycles. The van der Waals surface area contributed by atoms with Crippen LogP contribution in [0.1, 0.15) is 32.8 Å². The van der Waals surface area contributed by atoms with E-state index in [-0.39, 0.29) is 0 Å². The molecule has 3 heteroatoms. The molecule has 0 spiro atoms. The van der Waals surface area contributed by atoms with Gasteiger partial charge in [-0.2, -0.15) is 0 Å². The quantitative estimate of drug-likeness (QED) is 0.864. The van der Waals surface area contributed by atoms with Crippen LogP contribution in [0, 0.1) is 12.8 Å². The minimum atomic E-state index is 0.510. The summed E-state index contributed by atoms with van der Waals surface area (Å²) in [6.07, 6.45) is 1.13. The Morgan fingerprint density at radius 3 is 2.71 bits per heavy atom. The van der Waals surface area contributed by atoms with E-state index in [0.717, 1.165) is 17.1 Å². The number of benzene rings is 1. The molecule has 1 aromatic carbocycles. The van der Waals surface area contributed by atoms with Crippen LogP contribution in [0.2, 0.25) is 0 Å². The maximum Gasteiger partial charge on any atom is 0.184 e. The maximum atomic E-state index is 4.69. The van der Waals surface area contributed by atoms with Crippen LogP contribution in [-0.2, 0) is 0 Å². The molecule has 17 heavy (non-hydrogen) atoms. The molecule has 0 saturated heterocycles. The van der Waals surface area contributed by atoms with Crippen LogP contribution >= 0.6 is 11.3 Å². The fraction of sp³-hybridized carbons (Fsp3) is 0.500. The molecule has 0 fully saturated rings. The molecule has 1 atom stereocenters. The molecule has 1 aromatic heterocycles. The minimum absolute atomic E-state index is 0.510. The molecule has 1 unspecified atom stereocenters. The molecule has 0 saturated carbocycles. The third kappa shape index (κ3) is 2.60. The smallest absolute Gasteiger partial charge is 0.184 e. The average Bonchev–Trinajstić information content (AvgIpc) is 2.69. The van der Waals surface area contributed by atoms with Crippen LogP contribution in [0.4, 0.5) is 5.13 Å². The Labute approximate surface area is 107 Å². The second kappa shape index (κ2) is 5.05. The van der Waals surface area contributed by atoms with Crippen LogP contribution in [-0.4, -0.2) is 11.0 Å². The maximum absolute atomic E-state index is 4.69. The molecule has 0 aliphatic rings. The minimum Gasteiger partial charge on any atom is -0.359 e. The van der Waals surface area contributed by atoms with Crippen LogP contribution in [0.3, 0.4) is 0 Å². The summed E-state index contributed by atoms with van der Waals surface area (Å²) in [5, 5.41) is 4.60. The number of aromatic nitrogens is 1. The van der Waals surface area contributed by atoms with E-state index in [1.165, 1.54) is 10.3 Å². The number of aryl methyl sites for hydroxylation is 1. The normalized spacial score (nSPS) is 13.2. The van der Waals surface area contributed by atoms with Gasteiger partial charge in [0.05, 0.1) is 10.2 Å². The van der Waals surface area contributed by atoms with Crippen molar-refractivity contribution in [2.45, 2.75) is 40.2 Å². The summed E-state index contributed by atoms with van der Waals surface area (Å²) in [6.45, 7) is 8.83. The molecule has 0 amide bonds. The first-order valence-electron chi connectivity index (χ1n) is 6.24. The van der Waals surface area contributed by atoms with Crippen molar-refractivity contribution < 1.29 is 0 Å². The molecule has 2 nitrogen and oxygen atoms in total. The predicted octanol–water partition coefficient (Wildman–Crippen LogP) is 4.45. The molecule has 1 heterocycles. The molecule has 0 bridgehead atoms. The van der Waals surface area contributed by atoms with Crippen LogP contribution in [0.25, 0.3) is 10.2 Å². The SMILES string of the molecule is CCC(Nc1nc2c(C)cccc2s1)C(C)C. The third-order valence-electron chi connectivity index (χ3n) is 3.17. The molecule has 2 rings (SSSR count). The first-order chi connectivity index (χ1) is 8.11. The van der Waals surface area contributed by atoms with Crippen molar-refractivity contribution in [3.05, 3.63) is 23.8 Å². The van der Waals surface area contributed by atoms with E-state index in [1.54, 1.807) is 11.3 Å². The van der Waals surface area contributed by atoms with E-state index in [4.69, 9.17) is 0 Å². The van der Waals surface area contributed by atoms with Gasteiger partial charge in [0.25, 0.3) is 0 Å². The Morgan fingerprint density at radius 1 is 1.35 bits per heavy atom. The number of para-hydroxylation sites is 1. The summed E-state index contributed by atoms with van der Waals surface area (Å²) in [4.78, 5) is 4.69. The highest BCUT2D eigenvalue weighted by molar-refractivity contribution is 7.22. The summed E-state index contributed by atoms with van der Waals surface area (Å²) in [6, 6.07) is 6.86. The van der Waals surface area contributed by atoms with Crippen LogP contribution < -0.4 is 5.32 Å². The lowest BCUT2D eigenvalue weighted by atomic mass is 10.0. The van der Waals surface area contributed by atoms with Gasteiger partial charge in [-0.05, 0) is 30.9 Å². The van der Waals surface area contributed by atoms with Gasteiger partial charge in [0.1, 0.15) is 0 Å². The van der Waals surface area contributed by atoms with E-state index in [1.807, 2.05) is 0 Å². The van der Waals surface area contributed by atoms with E-state index in [2.05, 4.69) is 56.2 Å². The van der Waals surface area contributed by atoms with Crippen molar-refractivity contribution >= 4 is 26.7 Å². The molecule has 0 aliphatic carbocycles. The highest BCUT2D eigenvalue weighted by Gasteiger charge is 2.13. The van der Waals surface area contributed by atoms with Gasteiger partial charge in [0.2, 0.25) is 0 Å².